The number of halogens is 1. The highest BCUT2D eigenvalue weighted by Crippen LogP contribution is 2.18. The Labute approximate surface area is 128 Å². The SMILES string of the molecule is CCOc1ccccc1C(=O)Cn1cc(Br)c(=O)[nH]c1=O. The molecule has 1 N–H and O–H groups in total. The van der Waals surface area contributed by atoms with Crippen molar-refractivity contribution in [3.63, 3.8) is 0 Å². The van der Waals surface area contributed by atoms with Crippen LogP contribution in [0.25, 0.3) is 0 Å². The van der Waals surface area contributed by atoms with Crippen molar-refractivity contribution in [3.05, 3.63) is 61.3 Å². The number of nitrogens with zero attached hydrogens (tertiary/aromatic N) is 1. The van der Waals surface area contributed by atoms with Crippen molar-refractivity contribution in [3.8, 4) is 5.75 Å². The zero-order valence-corrected chi connectivity index (χ0v) is 12.8. The average Bonchev–Trinajstić information content (AvgIpc) is 2.45. The van der Waals surface area contributed by atoms with Crippen LogP contribution in [0.2, 0.25) is 0 Å². The van der Waals surface area contributed by atoms with Gasteiger partial charge in [0.15, 0.2) is 5.78 Å². The van der Waals surface area contributed by atoms with Gasteiger partial charge in [-0.05, 0) is 35.0 Å². The molecule has 0 saturated heterocycles. The van der Waals surface area contributed by atoms with Crippen molar-refractivity contribution in [2.45, 2.75) is 13.5 Å². The highest BCUT2D eigenvalue weighted by molar-refractivity contribution is 9.10. The van der Waals surface area contributed by atoms with Gasteiger partial charge >= 0.3 is 5.69 Å². The van der Waals surface area contributed by atoms with E-state index in [1.54, 1.807) is 24.3 Å². The molecule has 1 aromatic heterocycles. The Kier molecular flexibility index (Phi) is 4.74. The number of para-hydroxylation sites is 1. The predicted octanol–water partition coefficient (Wildman–Crippen LogP) is 1.58. The van der Waals surface area contributed by atoms with E-state index in [-0.39, 0.29) is 16.8 Å². The van der Waals surface area contributed by atoms with Gasteiger partial charge in [-0.1, -0.05) is 12.1 Å². The summed E-state index contributed by atoms with van der Waals surface area (Å²) in [4.78, 5) is 37.4. The standard InChI is InChI=1S/C14H13BrN2O4/c1-2-21-12-6-4-3-5-9(12)11(18)8-17-7-10(15)13(19)16-14(17)20/h3-7H,2,8H2,1H3,(H,16,19,20). The highest BCUT2D eigenvalue weighted by atomic mass is 79.9. The number of hydrogen-bond acceptors (Lipinski definition) is 4. The first-order valence-corrected chi connectivity index (χ1v) is 7.06. The number of aromatic amines is 1. The second-order valence-corrected chi connectivity index (χ2v) is 5.07. The second-order valence-electron chi connectivity index (χ2n) is 4.22. The fourth-order valence-electron chi connectivity index (χ4n) is 1.82. The summed E-state index contributed by atoms with van der Waals surface area (Å²) >= 11 is 3.03. The number of carbonyl (C=O) groups excluding carboxylic acids is 1. The Morgan fingerprint density at radius 3 is 2.76 bits per heavy atom. The molecular weight excluding hydrogens is 340 g/mol. The lowest BCUT2D eigenvalue weighted by Gasteiger charge is -2.10. The van der Waals surface area contributed by atoms with Gasteiger partial charge in [0.2, 0.25) is 0 Å². The van der Waals surface area contributed by atoms with Crippen LogP contribution in [-0.4, -0.2) is 21.9 Å². The van der Waals surface area contributed by atoms with Gasteiger partial charge < -0.3 is 4.74 Å². The summed E-state index contributed by atoms with van der Waals surface area (Å²) in [6.45, 7) is 2.08. The van der Waals surface area contributed by atoms with Crippen LogP contribution in [-0.2, 0) is 6.54 Å². The molecule has 6 nitrogen and oxygen atoms in total. The van der Waals surface area contributed by atoms with E-state index in [0.717, 1.165) is 4.57 Å². The Hall–Kier alpha value is -2.15. The van der Waals surface area contributed by atoms with Gasteiger partial charge in [0.05, 0.1) is 23.2 Å². The van der Waals surface area contributed by atoms with E-state index in [9.17, 15) is 14.4 Å². The number of benzene rings is 1. The lowest BCUT2D eigenvalue weighted by molar-refractivity contribution is 0.0966. The number of ketones is 1. The van der Waals surface area contributed by atoms with Crippen LogP contribution in [0.4, 0.5) is 0 Å². The summed E-state index contributed by atoms with van der Waals surface area (Å²) in [6.07, 6.45) is 1.29. The molecule has 0 bridgehead atoms. The Balaban J connectivity index is 2.33. The maximum absolute atomic E-state index is 12.3. The minimum atomic E-state index is -0.634. The van der Waals surface area contributed by atoms with Crippen LogP contribution in [0.5, 0.6) is 5.75 Å². The summed E-state index contributed by atoms with van der Waals surface area (Å²) in [5.74, 6) is 0.196. The van der Waals surface area contributed by atoms with Gasteiger partial charge in [-0.3, -0.25) is 19.1 Å². The molecule has 0 radical (unpaired) electrons. The van der Waals surface area contributed by atoms with E-state index in [0.29, 0.717) is 17.9 Å². The quantitative estimate of drug-likeness (QED) is 0.828. The van der Waals surface area contributed by atoms with E-state index >= 15 is 0 Å². The molecule has 7 heteroatoms. The molecule has 1 heterocycles. The summed E-state index contributed by atoms with van der Waals surface area (Å²) in [5, 5.41) is 0. The molecule has 2 aromatic rings. The fourth-order valence-corrected chi connectivity index (χ4v) is 2.16. The van der Waals surface area contributed by atoms with Gasteiger partial charge in [-0.2, -0.15) is 0 Å². The maximum atomic E-state index is 12.3. The predicted molar refractivity (Wildman–Crippen MR) is 81.0 cm³/mol. The molecule has 110 valence electrons. The number of rotatable bonds is 5. The van der Waals surface area contributed by atoms with E-state index < -0.39 is 11.2 Å². The number of nitrogens with one attached hydrogen (secondary N) is 1. The summed E-state index contributed by atoms with van der Waals surface area (Å²) < 4.78 is 6.72. The molecule has 2 rings (SSSR count). The van der Waals surface area contributed by atoms with Gasteiger partial charge in [0.1, 0.15) is 5.75 Å². The van der Waals surface area contributed by atoms with Crippen molar-refractivity contribution in [2.75, 3.05) is 6.61 Å². The minimum absolute atomic E-state index is 0.182. The number of hydrogen-bond donors (Lipinski definition) is 1. The summed E-state index contributed by atoms with van der Waals surface area (Å²) in [5.41, 5.74) is -0.766. The number of Topliss-reactive ketones (excluding diaryl/α,β-unsaturated/α-hetero) is 1. The Morgan fingerprint density at radius 2 is 2.05 bits per heavy atom. The highest BCUT2D eigenvalue weighted by Gasteiger charge is 2.14. The third-order valence-electron chi connectivity index (χ3n) is 2.77. The fraction of sp³-hybridized carbons (Fsp3) is 0.214. The molecule has 0 aliphatic carbocycles. The summed E-state index contributed by atoms with van der Waals surface area (Å²) in [7, 11) is 0. The number of carbonyl (C=O) groups is 1. The van der Waals surface area contributed by atoms with Gasteiger partial charge in [-0.25, -0.2) is 4.79 Å². The molecule has 0 unspecified atom stereocenters. The van der Waals surface area contributed by atoms with Crippen molar-refractivity contribution in [1.29, 1.82) is 0 Å². The topological polar surface area (TPSA) is 81.2 Å². The largest absolute Gasteiger partial charge is 0.493 e. The smallest absolute Gasteiger partial charge is 0.328 e. The third-order valence-corrected chi connectivity index (χ3v) is 3.33. The van der Waals surface area contributed by atoms with Crippen LogP contribution >= 0.6 is 15.9 Å². The summed E-state index contributed by atoms with van der Waals surface area (Å²) in [6, 6.07) is 6.83. The Bertz CT molecular complexity index is 779. The first-order chi connectivity index (χ1) is 10.0. The van der Waals surface area contributed by atoms with Crippen LogP contribution in [0.1, 0.15) is 17.3 Å². The van der Waals surface area contributed by atoms with Crippen LogP contribution in [0.3, 0.4) is 0 Å². The average molecular weight is 353 g/mol. The van der Waals surface area contributed by atoms with E-state index in [1.807, 2.05) is 6.92 Å². The molecule has 1 aromatic carbocycles. The van der Waals surface area contributed by atoms with E-state index in [1.165, 1.54) is 6.20 Å². The van der Waals surface area contributed by atoms with Crippen LogP contribution < -0.4 is 16.0 Å². The number of ether oxygens (including phenoxy) is 1. The minimum Gasteiger partial charge on any atom is -0.493 e. The molecule has 0 aliphatic heterocycles. The van der Waals surface area contributed by atoms with Crippen molar-refractivity contribution >= 4 is 21.7 Å². The second kappa shape index (κ2) is 6.53. The van der Waals surface area contributed by atoms with E-state index in [2.05, 4.69) is 20.9 Å². The first-order valence-electron chi connectivity index (χ1n) is 6.27. The number of aromatic nitrogens is 2. The molecule has 0 atom stereocenters. The van der Waals surface area contributed by atoms with Gasteiger partial charge in [0.25, 0.3) is 5.56 Å². The normalized spacial score (nSPS) is 10.4. The zero-order chi connectivity index (χ0) is 15.4. The van der Waals surface area contributed by atoms with Gasteiger partial charge in [-0.15, -0.1) is 0 Å². The molecule has 0 aliphatic rings. The van der Waals surface area contributed by atoms with Gasteiger partial charge in [0, 0.05) is 6.20 Å². The van der Waals surface area contributed by atoms with Crippen LogP contribution in [0.15, 0.2) is 44.5 Å². The van der Waals surface area contributed by atoms with Crippen LogP contribution in [0, 0.1) is 0 Å². The monoisotopic (exact) mass is 352 g/mol. The van der Waals surface area contributed by atoms with Crippen molar-refractivity contribution in [2.24, 2.45) is 0 Å². The lowest BCUT2D eigenvalue weighted by atomic mass is 10.1. The molecule has 0 saturated carbocycles. The maximum Gasteiger partial charge on any atom is 0.328 e. The molecule has 0 amide bonds. The number of H-pyrrole nitrogens is 1. The zero-order valence-electron chi connectivity index (χ0n) is 11.3. The van der Waals surface area contributed by atoms with E-state index in [4.69, 9.17) is 4.74 Å². The Morgan fingerprint density at radius 1 is 1.33 bits per heavy atom. The molecular formula is C14H13BrN2O4. The molecule has 0 fully saturated rings. The molecule has 21 heavy (non-hydrogen) atoms. The lowest BCUT2D eigenvalue weighted by Crippen LogP contribution is -2.32. The molecule has 0 spiro atoms. The van der Waals surface area contributed by atoms with Crippen molar-refractivity contribution < 1.29 is 9.53 Å². The van der Waals surface area contributed by atoms with Crippen molar-refractivity contribution in [1.82, 2.24) is 9.55 Å². The first kappa shape index (κ1) is 15.2. The third kappa shape index (κ3) is 3.49.